The molecule has 2 aliphatic rings. The lowest BCUT2D eigenvalue weighted by molar-refractivity contribution is -0.117. The van der Waals surface area contributed by atoms with E-state index in [0.29, 0.717) is 18.2 Å². The van der Waals surface area contributed by atoms with E-state index in [1.54, 1.807) is 35.2 Å². The van der Waals surface area contributed by atoms with Crippen LogP contribution in [0.3, 0.4) is 0 Å². The number of halogens is 1. The zero-order valence-electron chi connectivity index (χ0n) is 13.1. The first-order valence-electron chi connectivity index (χ1n) is 8.09. The third-order valence-electron chi connectivity index (χ3n) is 4.42. The first-order chi connectivity index (χ1) is 11.6. The summed E-state index contributed by atoms with van der Waals surface area (Å²) in [6, 6.07) is 11.9. The number of benzene rings is 2. The van der Waals surface area contributed by atoms with Crippen LogP contribution in [0.25, 0.3) is 0 Å². The van der Waals surface area contributed by atoms with Crippen molar-refractivity contribution in [2.45, 2.75) is 31.8 Å². The first-order valence-corrected chi connectivity index (χ1v) is 8.09. The van der Waals surface area contributed by atoms with Crippen molar-refractivity contribution in [3.63, 3.8) is 0 Å². The number of hydrogen-bond acceptors (Lipinski definition) is 2. The summed E-state index contributed by atoms with van der Waals surface area (Å²) in [4.78, 5) is 26.1. The van der Waals surface area contributed by atoms with E-state index >= 15 is 0 Å². The molecule has 0 radical (unpaired) electrons. The maximum absolute atomic E-state index is 13.3. The Morgan fingerprint density at radius 1 is 1.21 bits per heavy atom. The van der Waals surface area contributed by atoms with E-state index in [-0.39, 0.29) is 24.1 Å². The van der Waals surface area contributed by atoms with Gasteiger partial charge in [-0.15, -0.1) is 0 Å². The van der Waals surface area contributed by atoms with Crippen LogP contribution < -0.4 is 10.2 Å². The van der Waals surface area contributed by atoms with Crippen LogP contribution in [0.4, 0.5) is 10.1 Å². The van der Waals surface area contributed by atoms with Crippen LogP contribution in [0.15, 0.2) is 42.5 Å². The maximum atomic E-state index is 13.3. The van der Waals surface area contributed by atoms with Crippen molar-refractivity contribution in [2.75, 3.05) is 4.90 Å². The van der Waals surface area contributed by atoms with Gasteiger partial charge in [0, 0.05) is 17.3 Å². The summed E-state index contributed by atoms with van der Waals surface area (Å²) in [5.74, 6) is -0.434. The van der Waals surface area contributed by atoms with Crippen LogP contribution in [0, 0.1) is 5.82 Å². The van der Waals surface area contributed by atoms with E-state index in [0.717, 1.165) is 29.7 Å². The third kappa shape index (κ3) is 2.89. The Kier molecular flexibility index (Phi) is 3.56. The lowest BCUT2D eigenvalue weighted by atomic mass is 10.1. The number of amides is 2. The van der Waals surface area contributed by atoms with Gasteiger partial charge in [-0.25, -0.2) is 4.39 Å². The van der Waals surface area contributed by atoms with Crippen molar-refractivity contribution in [2.24, 2.45) is 0 Å². The van der Waals surface area contributed by atoms with Crippen LogP contribution in [0.2, 0.25) is 0 Å². The highest BCUT2D eigenvalue weighted by Crippen LogP contribution is 2.31. The molecule has 2 aromatic rings. The molecule has 2 aromatic carbocycles. The van der Waals surface area contributed by atoms with Gasteiger partial charge in [-0.3, -0.25) is 9.59 Å². The maximum Gasteiger partial charge on any atom is 0.251 e. The van der Waals surface area contributed by atoms with Crippen LogP contribution in [-0.4, -0.2) is 17.9 Å². The summed E-state index contributed by atoms with van der Waals surface area (Å²) in [5.41, 5.74) is 2.97. The van der Waals surface area contributed by atoms with Gasteiger partial charge in [-0.1, -0.05) is 12.1 Å². The summed E-state index contributed by atoms with van der Waals surface area (Å²) in [5, 5.41) is 2.95. The Morgan fingerprint density at radius 3 is 2.79 bits per heavy atom. The van der Waals surface area contributed by atoms with E-state index in [9.17, 15) is 14.0 Å². The molecule has 0 spiro atoms. The molecule has 1 aliphatic heterocycles. The molecule has 4 rings (SSSR count). The molecule has 5 heteroatoms. The fraction of sp³-hybridized carbons (Fsp3) is 0.263. The predicted molar refractivity (Wildman–Crippen MR) is 88.2 cm³/mol. The molecule has 4 nitrogen and oxygen atoms in total. The highest BCUT2D eigenvalue weighted by Gasteiger charge is 2.29. The quantitative estimate of drug-likeness (QED) is 0.940. The number of carbonyl (C=O) groups excluding carboxylic acids is 2. The summed E-state index contributed by atoms with van der Waals surface area (Å²) in [6.07, 6.45) is 2.35. The number of fused-ring (bicyclic) bond motifs is 1. The molecule has 24 heavy (non-hydrogen) atoms. The second-order valence-corrected chi connectivity index (χ2v) is 6.38. The molecule has 1 saturated carbocycles. The molecule has 1 aliphatic carbocycles. The van der Waals surface area contributed by atoms with E-state index in [4.69, 9.17) is 0 Å². The van der Waals surface area contributed by atoms with E-state index in [1.807, 2.05) is 0 Å². The summed E-state index contributed by atoms with van der Waals surface area (Å²) in [6.45, 7) is 0.331. The summed E-state index contributed by atoms with van der Waals surface area (Å²) >= 11 is 0. The zero-order valence-corrected chi connectivity index (χ0v) is 13.1. The number of anilines is 1. The summed E-state index contributed by atoms with van der Waals surface area (Å²) < 4.78 is 13.3. The van der Waals surface area contributed by atoms with Gasteiger partial charge in [0.25, 0.3) is 5.91 Å². The second kappa shape index (κ2) is 5.74. The zero-order chi connectivity index (χ0) is 16.7. The SMILES string of the molecule is O=C(NC1CC1)c1ccc2c(c1)CC(=O)N2Cc1cccc(F)c1. The van der Waals surface area contributed by atoms with Crippen molar-refractivity contribution < 1.29 is 14.0 Å². The van der Waals surface area contributed by atoms with Gasteiger partial charge in [0.1, 0.15) is 5.82 Å². The Hall–Kier alpha value is -2.69. The molecule has 122 valence electrons. The molecule has 2 amide bonds. The molecule has 0 atom stereocenters. The van der Waals surface area contributed by atoms with Crippen molar-refractivity contribution in [3.05, 3.63) is 65.0 Å². The molecule has 0 bridgehead atoms. The van der Waals surface area contributed by atoms with Crippen LogP contribution >= 0.6 is 0 Å². The van der Waals surface area contributed by atoms with Gasteiger partial charge in [0.2, 0.25) is 5.91 Å². The fourth-order valence-electron chi connectivity index (χ4n) is 3.01. The topological polar surface area (TPSA) is 49.4 Å². The Balaban J connectivity index is 1.57. The minimum Gasteiger partial charge on any atom is -0.349 e. The largest absolute Gasteiger partial charge is 0.349 e. The van der Waals surface area contributed by atoms with E-state index < -0.39 is 0 Å². The molecule has 0 unspecified atom stereocenters. The Labute approximate surface area is 139 Å². The van der Waals surface area contributed by atoms with Crippen LogP contribution in [0.5, 0.6) is 0 Å². The smallest absolute Gasteiger partial charge is 0.251 e. The standard InChI is InChI=1S/C19H17FN2O2/c20-15-3-1-2-12(8-15)11-22-17-7-4-13(9-14(17)10-18(22)23)19(24)21-16-5-6-16/h1-4,7-9,16H,5-6,10-11H2,(H,21,24). The van der Waals surface area contributed by atoms with Gasteiger partial charge >= 0.3 is 0 Å². The van der Waals surface area contributed by atoms with E-state index in [2.05, 4.69) is 5.32 Å². The van der Waals surface area contributed by atoms with Crippen molar-refractivity contribution in [1.29, 1.82) is 0 Å². The van der Waals surface area contributed by atoms with Gasteiger partial charge in [-0.05, 0) is 54.3 Å². The van der Waals surface area contributed by atoms with Crippen molar-refractivity contribution in [1.82, 2.24) is 5.32 Å². The number of nitrogens with one attached hydrogen (secondary N) is 1. The highest BCUT2D eigenvalue weighted by molar-refractivity contribution is 6.03. The minimum absolute atomic E-state index is 0.0333. The molecule has 1 N–H and O–H groups in total. The van der Waals surface area contributed by atoms with Gasteiger partial charge < -0.3 is 10.2 Å². The Bertz CT molecular complexity index is 830. The lowest BCUT2D eigenvalue weighted by Gasteiger charge is -2.18. The third-order valence-corrected chi connectivity index (χ3v) is 4.42. The number of nitrogens with zero attached hydrogens (tertiary/aromatic N) is 1. The number of carbonyl (C=O) groups is 2. The number of hydrogen-bond donors (Lipinski definition) is 1. The number of rotatable bonds is 4. The molecular weight excluding hydrogens is 307 g/mol. The van der Waals surface area contributed by atoms with E-state index in [1.165, 1.54) is 12.1 Å². The highest BCUT2D eigenvalue weighted by atomic mass is 19.1. The summed E-state index contributed by atoms with van der Waals surface area (Å²) in [7, 11) is 0. The molecule has 1 heterocycles. The molecule has 0 aromatic heterocycles. The fourth-order valence-corrected chi connectivity index (χ4v) is 3.01. The Morgan fingerprint density at radius 2 is 2.04 bits per heavy atom. The van der Waals surface area contributed by atoms with Crippen molar-refractivity contribution in [3.8, 4) is 0 Å². The monoisotopic (exact) mass is 324 g/mol. The first kappa shape index (κ1) is 14.9. The van der Waals surface area contributed by atoms with Gasteiger partial charge in [-0.2, -0.15) is 0 Å². The van der Waals surface area contributed by atoms with Gasteiger partial charge in [0.05, 0.1) is 13.0 Å². The molecular formula is C19H17FN2O2. The average molecular weight is 324 g/mol. The molecule has 0 saturated heterocycles. The van der Waals surface area contributed by atoms with Gasteiger partial charge in [0.15, 0.2) is 0 Å². The minimum atomic E-state index is -0.313. The second-order valence-electron chi connectivity index (χ2n) is 6.38. The normalized spacial score (nSPS) is 16.2. The van der Waals surface area contributed by atoms with Crippen LogP contribution in [0.1, 0.15) is 34.3 Å². The molecule has 1 fully saturated rings. The van der Waals surface area contributed by atoms with Crippen LogP contribution in [-0.2, 0) is 17.8 Å². The predicted octanol–water partition coefficient (Wildman–Crippen LogP) is 2.81. The lowest BCUT2D eigenvalue weighted by Crippen LogP contribution is -2.26. The van der Waals surface area contributed by atoms with Crippen molar-refractivity contribution >= 4 is 17.5 Å². The average Bonchev–Trinajstić information content (AvgIpc) is 3.31.